The molecule has 0 radical (unpaired) electrons. The first kappa shape index (κ1) is 14.4. The predicted molar refractivity (Wildman–Crippen MR) is 68.7 cm³/mol. The van der Waals surface area contributed by atoms with Gasteiger partial charge in [-0.15, -0.1) is 12.4 Å². The van der Waals surface area contributed by atoms with Crippen molar-refractivity contribution < 1.29 is 9.21 Å². The minimum absolute atomic E-state index is 0. The van der Waals surface area contributed by atoms with Crippen LogP contribution in [0.1, 0.15) is 36.2 Å². The summed E-state index contributed by atoms with van der Waals surface area (Å²) in [5.74, 6) is 0.00368. The summed E-state index contributed by atoms with van der Waals surface area (Å²) in [6.07, 6.45) is 4.08. The van der Waals surface area contributed by atoms with Gasteiger partial charge in [0.2, 0.25) is 0 Å². The zero-order valence-corrected chi connectivity index (χ0v) is 10.9. The number of hydrogen-bond acceptors (Lipinski definition) is 3. The number of furan rings is 1. The summed E-state index contributed by atoms with van der Waals surface area (Å²) in [5, 5.41) is 3.18. The second kappa shape index (κ2) is 5.76. The van der Waals surface area contributed by atoms with Crippen molar-refractivity contribution in [3.63, 3.8) is 0 Å². The molecule has 0 aromatic carbocycles. The highest BCUT2D eigenvalue weighted by Gasteiger charge is 2.34. The van der Waals surface area contributed by atoms with Crippen molar-refractivity contribution in [3.8, 4) is 0 Å². The molecule has 0 bridgehead atoms. The molecule has 1 aliphatic rings. The summed E-state index contributed by atoms with van der Waals surface area (Å²) in [4.78, 5) is 11.9. The van der Waals surface area contributed by atoms with Gasteiger partial charge >= 0.3 is 0 Å². The van der Waals surface area contributed by atoms with Crippen LogP contribution < -0.4 is 11.1 Å². The van der Waals surface area contributed by atoms with Gasteiger partial charge in [-0.05, 0) is 36.6 Å². The van der Waals surface area contributed by atoms with Crippen molar-refractivity contribution in [1.29, 1.82) is 0 Å². The largest absolute Gasteiger partial charge is 0.440 e. The number of carbonyl (C=O) groups is 1. The third kappa shape index (κ3) is 3.15. The van der Waals surface area contributed by atoms with Gasteiger partial charge in [-0.3, -0.25) is 4.79 Å². The minimum Gasteiger partial charge on any atom is -0.440 e. The van der Waals surface area contributed by atoms with Gasteiger partial charge in [0.1, 0.15) is 0 Å². The summed E-state index contributed by atoms with van der Waals surface area (Å²) in [6.45, 7) is 0.465. The van der Waals surface area contributed by atoms with Gasteiger partial charge in [0.25, 0.3) is 5.91 Å². The van der Waals surface area contributed by atoms with Gasteiger partial charge in [-0.25, -0.2) is 0 Å². The summed E-state index contributed by atoms with van der Waals surface area (Å²) in [6, 6.07) is 3.12. The number of hydrogen-bond donors (Lipinski definition) is 2. The van der Waals surface area contributed by atoms with Crippen LogP contribution in [-0.2, 0) is 0 Å². The fourth-order valence-electron chi connectivity index (χ4n) is 2.17. The molecule has 1 aromatic heterocycles. The molecule has 0 saturated heterocycles. The molecule has 1 amide bonds. The van der Waals surface area contributed by atoms with E-state index in [-0.39, 0.29) is 34.8 Å². The second-order valence-electron chi connectivity index (χ2n) is 4.25. The van der Waals surface area contributed by atoms with E-state index in [1.807, 2.05) is 0 Å². The van der Waals surface area contributed by atoms with E-state index in [9.17, 15) is 4.79 Å². The molecular formula is C11H16Cl2N2O2. The van der Waals surface area contributed by atoms with E-state index in [0.29, 0.717) is 6.54 Å². The minimum atomic E-state index is -0.254. The first-order valence-corrected chi connectivity index (χ1v) is 5.81. The van der Waals surface area contributed by atoms with Crippen LogP contribution in [0.4, 0.5) is 0 Å². The summed E-state index contributed by atoms with van der Waals surface area (Å²) in [7, 11) is 0. The second-order valence-corrected chi connectivity index (χ2v) is 4.62. The van der Waals surface area contributed by atoms with Crippen LogP contribution >= 0.6 is 24.0 Å². The molecule has 0 aliphatic heterocycles. The first-order chi connectivity index (χ1) is 7.65. The van der Waals surface area contributed by atoms with Crippen LogP contribution in [-0.4, -0.2) is 18.0 Å². The highest BCUT2D eigenvalue weighted by molar-refractivity contribution is 6.29. The monoisotopic (exact) mass is 278 g/mol. The maximum atomic E-state index is 11.9. The van der Waals surface area contributed by atoms with E-state index in [4.69, 9.17) is 21.8 Å². The quantitative estimate of drug-likeness (QED) is 0.892. The normalized spacial score (nSPS) is 17.5. The number of nitrogens with two attached hydrogens (primary N) is 1. The summed E-state index contributed by atoms with van der Waals surface area (Å²) < 4.78 is 5.06. The van der Waals surface area contributed by atoms with Crippen molar-refractivity contribution >= 4 is 29.9 Å². The van der Waals surface area contributed by atoms with Crippen LogP contribution in [0.2, 0.25) is 5.22 Å². The highest BCUT2D eigenvalue weighted by atomic mass is 35.5. The lowest BCUT2D eigenvalue weighted by atomic mass is 9.98. The average Bonchev–Trinajstić information content (AvgIpc) is 2.88. The Morgan fingerprint density at radius 2 is 2.12 bits per heavy atom. The summed E-state index contributed by atoms with van der Waals surface area (Å²) in [5.41, 5.74) is 5.48. The molecule has 1 fully saturated rings. The van der Waals surface area contributed by atoms with E-state index in [2.05, 4.69) is 5.32 Å². The van der Waals surface area contributed by atoms with Crippen LogP contribution in [0, 0.1) is 0 Å². The molecule has 0 unspecified atom stereocenters. The lowest BCUT2D eigenvalue weighted by Crippen LogP contribution is -2.51. The summed E-state index contributed by atoms with van der Waals surface area (Å²) >= 11 is 5.62. The smallest absolute Gasteiger partial charge is 0.287 e. The third-order valence-corrected chi connectivity index (χ3v) is 3.33. The number of halogens is 2. The Balaban J connectivity index is 0.00000144. The van der Waals surface area contributed by atoms with Crippen molar-refractivity contribution in [2.45, 2.75) is 31.2 Å². The van der Waals surface area contributed by atoms with Gasteiger partial charge in [0.05, 0.1) is 5.54 Å². The molecule has 17 heavy (non-hydrogen) atoms. The molecule has 4 nitrogen and oxygen atoms in total. The van der Waals surface area contributed by atoms with Gasteiger partial charge in [-0.2, -0.15) is 0 Å². The Bertz CT molecular complexity index is 387. The molecule has 6 heteroatoms. The highest BCUT2D eigenvalue weighted by Crippen LogP contribution is 2.29. The number of nitrogens with one attached hydrogen (secondary N) is 1. The predicted octanol–water partition coefficient (Wildman–Crippen LogP) is 2.36. The SMILES string of the molecule is Cl.NCC1(NC(=O)c2ccc(Cl)o2)CCCC1. The first-order valence-electron chi connectivity index (χ1n) is 5.43. The van der Waals surface area contributed by atoms with E-state index in [1.165, 1.54) is 0 Å². The van der Waals surface area contributed by atoms with Crippen molar-refractivity contribution in [1.82, 2.24) is 5.32 Å². The van der Waals surface area contributed by atoms with Crippen LogP contribution in [0.3, 0.4) is 0 Å². The lowest BCUT2D eigenvalue weighted by Gasteiger charge is -2.28. The fourth-order valence-corrected chi connectivity index (χ4v) is 2.32. The zero-order valence-electron chi connectivity index (χ0n) is 9.37. The molecular weight excluding hydrogens is 263 g/mol. The maximum Gasteiger partial charge on any atom is 0.287 e. The van der Waals surface area contributed by atoms with Gasteiger partial charge in [0.15, 0.2) is 11.0 Å². The fraction of sp³-hybridized carbons (Fsp3) is 0.545. The molecule has 2 rings (SSSR count). The third-order valence-electron chi connectivity index (χ3n) is 3.13. The Kier molecular flexibility index (Phi) is 4.86. The van der Waals surface area contributed by atoms with Crippen molar-refractivity contribution in [2.24, 2.45) is 5.73 Å². The molecule has 1 heterocycles. The molecule has 0 spiro atoms. The Labute approximate surface area is 111 Å². The van der Waals surface area contributed by atoms with Crippen molar-refractivity contribution in [3.05, 3.63) is 23.1 Å². The van der Waals surface area contributed by atoms with Crippen LogP contribution in [0.5, 0.6) is 0 Å². The van der Waals surface area contributed by atoms with E-state index in [0.717, 1.165) is 25.7 Å². The van der Waals surface area contributed by atoms with Gasteiger partial charge < -0.3 is 15.5 Å². The molecule has 96 valence electrons. The maximum absolute atomic E-state index is 11.9. The van der Waals surface area contributed by atoms with Crippen molar-refractivity contribution in [2.75, 3.05) is 6.54 Å². The Morgan fingerprint density at radius 1 is 1.47 bits per heavy atom. The van der Waals surface area contributed by atoms with Crippen LogP contribution in [0.15, 0.2) is 16.5 Å². The zero-order chi connectivity index (χ0) is 11.6. The average molecular weight is 279 g/mol. The molecule has 0 atom stereocenters. The number of carbonyl (C=O) groups excluding carboxylic acids is 1. The Morgan fingerprint density at radius 3 is 2.59 bits per heavy atom. The molecule has 1 aliphatic carbocycles. The van der Waals surface area contributed by atoms with Crippen LogP contribution in [0.25, 0.3) is 0 Å². The number of rotatable bonds is 3. The van der Waals surface area contributed by atoms with Gasteiger partial charge in [-0.1, -0.05) is 12.8 Å². The molecule has 3 N–H and O–H groups in total. The molecule has 1 aromatic rings. The van der Waals surface area contributed by atoms with E-state index >= 15 is 0 Å². The van der Waals surface area contributed by atoms with E-state index < -0.39 is 0 Å². The topological polar surface area (TPSA) is 68.3 Å². The van der Waals surface area contributed by atoms with E-state index in [1.54, 1.807) is 12.1 Å². The lowest BCUT2D eigenvalue weighted by molar-refractivity contribution is 0.0874. The Hall–Kier alpha value is -0.710. The van der Waals surface area contributed by atoms with Gasteiger partial charge in [0, 0.05) is 6.54 Å². The molecule has 1 saturated carbocycles. The number of amides is 1. The standard InChI is InChI=1S/C11H15ClN2O2.ClH/c12-9-4-3-8(16-9)10(15)14-11(7-13)5-1-2-6-11;/h3-4H,1-2,5-7,13H2,(H,14,15);1H.